The molecule has 0 bridgehead atoms. The SMILES string of the molecule is CON(C)OC[I-]CN. The van der Waals surface area contributed by atoms with Crippen LogP contribution < -0.4 is 26.9 Å². The van der Waals surface area contributed by atoms with Crippen LogP contribution in [0.1, 0.15) is 0 Å². The van der Waals surface area contributed by atoms with Crippen LogP contribution in [0.15, 0.2) is 0 Å². The predicted molar refractivity (Wildman–Crippen MR) is 29.8 cm³/mol. The van der Waals surface area contributed by atoms with Gasteiger partial charge < -0.3 is 0 Å². The van der Waals surface area contributed by atoms with E-state index < -0.39 is 0 Å². The third-order valence-electron chi connectivity index (χ3n) is 0.674. The number of hydrogen-bond donors (Lipinski definition) is 1. The minimum absolute atomic E-state index is 0.0222. The van der Waals surface area contributed by atoms with Crippen molar-refractivity contribution >= 4 is 0 Å². The summed E-state index contributed by atoms with van der Waals surface area (Å²) in [5.41, 5.74) is 5.27. The molecule has 0 aliphatic rings. The molecule has 0 saturated carbocycles. The minimum atomic E-state index is 0.0222. The van der Waals surface area contributed by atoms with Crippen LogP contribution in [0, 0.1) is 0 Å². The summed E-state index contributed by atoms with van der Waals surface area (Å²) in [5, 5.41) is 1.33. The predicted octanol–water partition coefficient (Wildman–Crippen LogP) is -3.63. The number of hydroxylamine groups is 2. The fraction of sp³-hybridized carbons (Fsp3) is 1.00. The van der Waals surface area contributed by atoms with Crippen molar-refractivity contribution in [1.82, 2.24) is 5.23 Å². The van der Waals surface area contributed by atoms with Crippen molar-refractivity contribution in [3.05, 3.63) is 0 Å². The molecule has 0 saturated heterocycles. The van der Waals surface area contributed by atoms with Crippen molar-refractivity contribution in [2.24, 2.45) is 5.73 Å². The Morgan fingerprint density at radius 2 is 2.33 bits per heavy atom. The van der Waals surface area contributed by atoms with Gasteiger partial charge in [0.15, 0.2) is 0 Å². The molecule has 4 nitrogen and oxygen atoms in total. The van der Waals surface area contributed by atoms with Crippen LogP contribution >= 0.6 is 0 Å². The molecule has 0 aliphatic carbocycles. The molecule has 0 atom stereocenters. The van der Waals surface area contributed by atoms with E-state index in [2.05, 4.69) is 4.84 Å². The molecule has 58 valence electrons. The van der Waals surface area contributed by atoms with E-state index in [4.69, 9.17) is 10.6 Å². The Morgan fingerprint density at radius 3 is 2.78 bits per heavy atom. The summed E-state index contributed by atoms with van der Waals surface area (Å²) in [6.45, 7) is 0. The third-order valence-corrected chi connectivity index (χ3v) is 2.02. The first-order valence-corrected chi connectivity index (χ1v) is 5.50. The number of rotatable bonds is 5. The van der Waals surface area contributed by atoms with Crippen LogP contribution in [-0.4, -0.2) is 28.5 Å². The molecular formula is C4H12IN2O2-. The van der Waals surface area contributed by atoms with E-state index in [1.165, 1.54) is 5.23 Å². The molecule has 0 amide bonds. The fourth-order valence-corrected chi connectivity index (χ4v) is 1.04. The van der Waals surface area contributed by atoms with Gasteiger partial charge in [-0.25, -0.2) is 0 Å². The Hall–Kier alpha value is 0.570. The average molecular weight is 247 g/mol. The van der Waals surface area contributed by atoms with Crippen LogP contribution in [-0.2, 0) is 9.68 Å². The number of alkyl halides is 2. The summed E-state index contributed by atoms with van der Waals surface area (Å²) in [5.74, 6) is 0. The van der Waals surface area contributed by atoms with Crippen molar-refractivity contribution in [3.8, 4) is 0 Å². The molecule has 0 aliphatic heterocycles. The molecule has 2 N–H and O–H groups in total. The molecule has 0 aromatic heterocycles. The summed E-state index contributed by atoms with van der Waals surface area (Å²) < 4.78 is 1.48. The quantitative estimate of drug-likeness (QED) is 0.179. The number of nitrogens with zero attached hydrogens (tertiary/aromatic N) is 1. The van der Waals surface area contributed by atoms with Gasteiger partial charge in [-0.15, -0.1) is 0 Å². The van der Waals surface area contributed by atoms with Gasteiger partial charge in [-0.2, -0.15) is 0 Å². The first kappa shape index (κ1) is 9.57. The summed E-state index contributed by atoms with van der Waals surface area (Å²) >= 11 is 0.0222. The van der Waals surface area contributed by atoms with Crippen molar-refractivity contribution in [1.29, 1.82) is 0 Å². The van der Waals surface area contributed by atoms with Gasteiger partial charge in [-0.05, 0) is 0 Å². The first-order valence-electron chi connectivity index (χ1n) is 2.45. The van der Waals surface area contributed by atoms with E-state index in [9.17, 15) is 0 Å². The van der Waals surface area contributed by atoms with E-state index >= 15 is 0 Å². The molecule has 0 rings (SSSR count). The second-order valence-electron chi connectivity index (χ2n) is 1.20. The van der Waals surface area contributed by atoms with Crippen LogP contribution in [0.4, 0.5) is 0 Å². The fourth-order valence-electron chi connectivity index (χ4n) is 0.200. The topological polar surface area (TPSA) is 47.7 Å². The molecule has 0 heterocycles. The molecule has 0 fully saturated rings. The second-order valence-corrected chi connectivity index (χ2v) is 3.79. The van der Waals surface area contributed by atoms with Gasteiger partial charge in [0.2, 0.25) is 0 Å². The zero-order valence-corrected chi connectivity index (χ0v) is 7.79. The molecule has 0 radical (unpaired) electrons. The van der Waals surface area contributed by atoms with Crippen molar-refractivity contribution in [2.75, 3.05) is 23.3 Å². The molecular weight excluding hydrogens is 235 g/mol. The second kappa shape index (κ2) is 6.69. The van der Waals surface area contributed by atoms with Gasteiger partial charge in [0, 0.05) is 0 Å². The Balaban J connectivity index is 2.88. The molecule has 0 aromatic rings. The van der Waals surface area contributed by atoms with E-state index in [-0.39, 0.29) is 21.2 Å². The zero-order chi connectivity index (χ0) is 7.11. The normalized spacial score (nSPS) is 11.1. The Bertz CT molecular complexity index is 64.5. The van der Waals surface area contributed by atoms with Crippen LogP contribution in [0.3, 0.4) is 0 Å². The molecule has 0 aromatic carbocycles. The van der Waals surface area contributed by atoms with Crippen LogP contribution in [0.25, 0.3) is 0 Å². The summed E-state index contributed by atoms with van der Waals surface area (Å²) in [7, 11) is 3.26. The molecule has 5 heteroatoms. The maximum absolute atomic E-state index is 5.27. The number of nitrogens with two attached hydrogens (primary N) is 1. The maximum atomic E-state index is 5.27. The zero-order valence-electron chi connectivity index (χ0n) is 5.63. The Morgan fingerprint density at radius 1 is 1.67 bits per heavy atom. The summed E-state index contributed by atoms with van der Waals surface area (Å²) in [6.07, 6.45) is 0. The number of hydrogen-bond acceptors (Lipinski definition) is 4. The van der Waals surface area contributed by atoms with Crippen molar-refractivity contribution < 1.29 is 30.9 Å². The summed E-state index contributed by atoms with van der Waals surface area (Å²) in [6, 6.07) is 0. The molecule has 0 spiro atoms. The Labute approximate surface area is 65.5 Å². The average Bonchev–Trinajstić information content (AvgIpc) is 1.89. The van der Waals surface area contributed by atoms with Crippen LogP contribution in [0.2, 0.25) is 0 Å². The van der Waals surface area contributed by atoms with E-state index in [1.807, 2.05) is 0 Å². The van der Waals surface area contributed by atoms with Gasteiger partial charge in [-0.1, -0.05) is 0 Å². The third kappa shape index (κ3) is 6.46. The van der Waals surface area contributed by atoms with Gasteiger partial charge in [0.05, 0.1) is 0 Å². The van der Waals surface area contributed by atoms with E-state index in [0.717, 1.165) is 9.17 Å². The van der Waals surface area contributed by atoms with Gasteiger partial charge in [0.25, 0.3) is 0 Å². The van der Waals surface area contributed by atoms with Crippen molar-refractivity contribution in [2.45, 2.75) is 0 Å². The Kier molecular flexibility index (Phi) is 7.11. The van der Waals surface area contributed by atoms with E-state index in [1.54, 1.807) is 14.2 Å². The molecule has 9 heavy (non-hydrogen) atoms. The molecule has 0 unspecified atom stereocenters. The monoisotopic (exact) mass is 247 g/mol. The van der Waals surface area contributed by atoms with Crippen LogP contribution in [0.5, 0.6) is 0 Å². The standard InChI is InChI=1S/C4H12IN2O2/c1-7(8-2)9-4-5-3-6/h3-4,6H2,1-2H3/q-1. The number of halogens is 1. The van der Waals surface area contributed by atoms with E-state index in [0.29, 0.717) is 0 Å². The van der Waals surface area contributed by atoms with Gasteiger partial charge in [0.1, 0.15) is 0 Å². The first-order chi connectivity index (χ1) is 4.31. The van der Waals surface area contributed by atoms with Gasteiger partial charge in [-0.3, -0.25) is 0 Å². The summed E-state index contributed by atoms with van der Waals surface area (Å²) in [4.78, 5) is 9.70. The van der Waals surface area contributed by atoms with Gasteiger partial charge >= 0.3 is 65.2 Å². The van der Waals surface area contributed by atoms with Crippen molar-refractivity contribution in [3.63, 3.8) is 0 Å².